The third-order valence-electron chi connectivity index (χ3n) is 20.3. The Morgan fingerprint density at radius 2 is 1.12 bits per heavy atom. The van der Waals surface area contributed by atoms with Crippen molar-refractivity contribution in [2.45, 2.75) is 145 Å². The monoisotopic (exact) mass is 1710 g/mol. The van der Waals surface area contributed by atoms with E-state index in [4.69, 9.17) is 0 Å². The first-order valence-electron chi connectivity index (χ1n) is 39.2. The minimum atomic E-state index is -1.97. The lowest BCUT2D eigenvalue weighted by Gasteiger charge is -2.33. The standard InChI is InChI=1S/C79H105N17O22S2/c1-46(83-69(107)51-22-25-80-26-23-51)78(116)96-27-11-17-62(96)76(114)81-24-10-9-16-56-70(108)90-67(47(2)97)77(115)89-61(75(113)91-68(48(3)98)79(117)118)45-120-119-44-60(74(112)86-58(37-50-18-20-53(99)21-19-50)72(110)87-59(73(111)85-56)38-52-39-82-55-15-8-7-14-54(52)55)88-71(109)57(36-49-12-5-4-6-13-49)84-63(100)40-92-28-30-93(41-64(101)102)32-34-95(43-66(105)106)35-33-94(31-29-92)42-65(103)104/h4-8,12-15,18-23,25-26,39,46-48,56-62,67-68,82,97-99H,9-11,16-17,24,27-38,40-45H2,1-3H3,(H,81,114)(H,83,107)(H,84,100)(H,85,111)(H,86,112)(H,87,110)(H,88,109)(H,89,115)(H,90,108)(H,91,113)(H,101,102)(H,103,104)(H,105,106)(H,117,118)/t46-,47?,48?,56+,57-,58+,59-,60+,61+,62+,67+,68+/m1/s1. The second kappa shape index (κ2) is 46.9. The Balaban J connectivity index is 1.12. The molecule has 0 aliphatic carbocycles. The molecule has 0 saturated carbocycles. The number of amides is 11. The van der Waals surface area contributed by atoms with Crippen LogP contribution in [0.3, 0.4) is 0 Å². The van der Waals surface area contributed by atoms with E-state index in [1.54, 1.807) is 80.4 Å². The van der Waals surface area contributed by atoms with Crippen LogP contribution in [0, 0.1) is 0 Å². The van der Waals surface area contributed by atoms with E-state index >= 15 is 19.2 Å². The van der Waals surface area contributed by atoms with Crippen molar-refractivity contribution in [3.63, 3.8) is 0 Å². The number of likely N-dealkylation sites (tertiary alicyclic amines) is 1. The highest BCUT2D eigenvalue weighted by Gasteiger charge is 2.40. The number of nitrogens with one attached hydrogen (secondary N) is 11. The molecule has 3 aliphatic heterocycles. The number of benzene rings is 3. The van der Waals surface area contributed by atoms with Gasteiger partial charge in [0.25, 0.3) is 5.91 Å². The van der Waals surface area contributed by atoms with Crippen LogP contribution in [0.4, 0.5) is 0 Å². The van der Waals surface area contributed by atoms with Gasteiger partial charge >= 0.3 is 23.9 Å². The Morgan fingerprint density at radius 1 is 0.567 bits per heavy atom. The number of pyridine rings is 1. The van der Waals surface area contributed by atoms with Gasteiger partial charge in [0.1, 0.15) is 60.1 Å². The summed E-state index contributed by atoms with van der Waals surface area (Å²) in [6.45, 7) is 2.57. The molecule has 3 aromatic carbocycles. The van der Waals surface area contributed by atoms with Gasteiger partial charge in [0.15, 0.2) is 6.04 Å². The molecule has 2 aromatic heterocycles. The van der Waals surface area contributed by atoms with Crippen molar-refractivity contribution in [3.8, 4) is 5.75 Å². The van der Waals surface area contributed by atoms with Crippen molar-refractivity contribution >= 4 is 121 Å². The number of carboxylic acids is 4. The first kappa shape index (κ1) is 94.1. The number of para-hydroxylation sites is 1. The summed E-state index contributed by atoms with van der Waals surface area (Å²) in [4.78, 5) is 224. The van der Waals surface area contributed by atoms with Crippen LogP contribution < -0.4 is 53.2 Å². The summed E-state index contributed by atoms with van der Waals surface area (Å²) < 4.78 is 0. The number of hydrogen-bond donors (Lipinski definition) is 18. The summed E-state index contributed by atoms with van der Waals surface area (Å²) in [6.07, 6.45) is 0.709. The highest BCUT2D eigenvalue weighted by atomic mass is 33.1. The van der Waals surface area contributed by atoms with Gasteiger partial charge < -0.3 is 98.8 Å². The lowest BCUT2D eigenvalue weighted by Crippen LogP contribution is -2.62. The zero-order valence-electron chi connectivity index (χ0n) is 66.5. The molecule has 0 spiro atoms. The molecule has 8 rings (SSSR count). The number of rotatable bonds is 31. The van der Waals surface area contributed by atoms with E-state index in [1.165, 1.54) is 60.6 Å². The third kappa shape index (κ3) is 29.9. The number of aliphatic carboxylic acids is 4. The lowest BCUT2D eigenvalue weighted by atomic mass is 10.0. The normalized spacial score (nSPS) is 21.6. The van der Waals surface area contributed by atoms with Gasteiger partial charge in [0.2, 0.25) is 59.1 Å². The fraction of sp³-hybridized carbons (Fsp3) is 0.494. The minimum absolute atomic E-state index is 0.0178. The smallest absolute Gasteiger partial charge is 0.328 e. The molecule has 12 atom stereocenters. The van der Waals surface area contributed by atoms with E-state index in [0.29, 0.717) is 40.4 Å². The van der Waals surface area contributed by atoms with Crippen LogP contribution in [0.2, 0.25) is 0 Å². The van der Waals surface area contributed by atoms with E-state index in [2.05, 4.69) is 63.1 Å². The van der Waals surface area contributed by atoms with E-state index in [0.717, 1.165) is 35.4 Å². The van der Waals surface area contributed by atoms with E-state index in [9.17, 15) is 88.5 Å². The lowest BCUT2D eigenvalue weighted by molar-refractivity contribution is -0.145. The summed E-state index contributed by atoms with van der Waals surface area (Å²) in [5.74, 6) is -16.2. The first-order chi connectivity index (χ1) is 57.3. The number of aliphatic hydroxyl groups excluding tert-OH is 2. The third-order valence-corrected chi connectivity index (χ3v) is 22.7. The number of nitrogens with zero attached hydrogens (tertiary/aromatic N) is 6. The molecular weight excluding hydrogens is 1600 g/mol. The maximum absolute atomic E-state index is 15.5. The molecule has 3 saturated heterocycles. The fourth-order valence-corrected chi connectivity index (χ4v) is 16.1. The molecule has 2 unspecified atom stereocenters. The average Bonchev–Trinajstić information content (AvgIpc) is 1.70. The number of aromatic nitrogens is 2. The number of H-pyrrole nitrogens is 1. The van der Waals surface area contributed by atoms with Crippen LogP contribution >= 0.6 is 21.6 Å². The first-order valence-corrected chi connectivity index (χ1v) is 41.7. The second-order valence-electron chi connectivity index (χ2n) is 29.6. The van der Waals surface area contributed by atoms with Gasteiger partial charge in [-0.2, -0.15) is 0 Å². The molecule has 18 N–H and O–H groups in total. The van der Waals surface area contributed by atoms with E-state index in [1.807, 2.05) is 0 Å². The Morgan fingerprint density at radius 3 is 1.72 bits per heavy atom. The molecule has 120 heavy (non-hydrogen) atoms. The van der Waals surface area contributed by atoms with E-state index in [-0.39, 0.29) is 115 Å². The number of aliphatic hydroxyl groups is 2. The van der Waals surface area contributed by atoms with Crippen molar-refractivity contribution < 1.29 is 108 Å². The minimum Gasteiger partial charge on any atom is -0.508 e. The number of phenolic OH excluding ortho intramolecular Hbond substituents is 1. The number of unbranched alkanes of at least 4 members (excludes halogenated alkanes) is 1. The Labute approximate surface area is 698 Å². The van der Waals surface area contributed by atoms with Crippen LogP contribution in [-0.4, -0.2) is 335 Å². The highest BCUT2D eigenvalue weighted by Crippen LogP contribution is 2.26. The van der Waals surface area contributed by atoms with Crippen molar-refractivity contribution in [3.05, 3.63) is 132 Å². The summed E-state index contributed by atoms with van der Waals surface area (Å²) in [5.41, 5.74) is 2.22. The topological polar surface area (TPSA) is 563 Å². The molecule has 5 heterocycles. The number of carbonyl (C=O) groups is 15. The SMILES string of the molecule is CC(O)[C@H](NC(=O)[C@@H]1CSSC[C@H](NC(=O)[C@@H](Cc2ccccc2)NC(=O)CN2CCN(CC(=O)O)CCN(CC(=O)O)CCN(CC(=O)O)CC2)C(=O)N[C@@H](Cc2ccc(O)cc2)C(=O)N[C@H](Cc2c[nH]c3ccccc23)C(=O)N[C@@H](CCCCNC(=O)[C@@H]2CCCN2C(=O)[C@@H](C)NC(=O)c2ccncc2)C(=O)N[C@@H](C(C)O)C(=O)N1)C(=O)O. The number of aromatic hydroxyl groups is 1. The zero-order valence-corrected chi connectivity index (χ0v) is 68.2. The Hall–Kier alpha value is -11.3. The number of phenols is 1. The second-order valence-corrected chi connectivity index (χ2v) is 32.2. The van der Waals surface area contributed by atoms with Gasteiger partial charge in [0, 0.05) is 131 Å². The predicted molar refractivity (Wildman–Crippen MR) is 437 cm³/mol. The summed E-state index contributed by atoms with van der Waals surface area (Å²) >= 11 is 0. The molecule has 3 fully saturated rings. The van der Waals surface area contributed by atoms with Gasteiger partial charge in [-0.15, -0.1) is 0 Å². The molecule has 41 heteroatoms. The number of carboxylic acid groups (broad SMARTS) is 4. The molecule has 0 bridgehead atoms. The summed E-state index contributed by atoms with van der Waals surface area (Å²) in [5, 5.41) is 98.7. The van der Waals surface area contributed by atoms with Crippen LogP contribution in [0.1, 0.15) is 79.9 Å². The molecule has 5 aromatic rings. The predicted octanol–water partition coefficient (Wildman–Crippen LogP) is -3.01. The van der Waals surface area contributed by atoms with Gasteiger partial charge in [-0.3, -0.25) is 91.7 Å². The largest absolute Gasteiger partial charge is 0.508 e. The van der Waals surface area contributed by atoms with E-state index < -0.39 is 199 Å². The van der Waals surface area contributed by atoms with Crippen LogP contribution in [0.15, 0.2) is 110 Å². The van der Waals surface area contributed by atoms with Gasteiger partial charge in [-0.05, 0) is 99.9 Å². The maximum Gasteiger partial charge on any atom is 0.328 e. The molecule has 650 valence electrons. The molecule has 39 nitrogen and oxygen atoms in total. The zero-order chi connectivity index (χ0) is 87.1. The maximum atomic E-state index is 15.5. The van der Waals surface area contributed by atoms with Crippen molar-refractivity contribution in [1.29, 1.82) is 0 Å². The molecule has 3 aliphatic rings. The van der Waals surface area contributed by atoms with Gasteiger partial charge in [-0.1, -0.05) is 82.3 Å². The quantitative estimate of drug-likeness (QED) is 0.0155. The number of hydrogen-bond acceptors (Lipinski definition) is 25. The number of fused-ring (bicyclic) bond motifs is 1. The molecular formula is C79H105N17O22S2. The highest BCUT2D eigenvalue weighted by molar-refractivity contribution is 8.76. The number of carbonyl (C=O) groups excluding carboxylic acids is 11. The molecule has 11 amide bonds. The van der Waals surface area contributed by atoms with Crippen LogP contribution in [0.5, 0.6) is 5.75 Å². The summed E-state index contributed by atoms with van der Waals surface area (Å²) in [7, 11) is 1.59. The van der Waals surface area contributed by atoms with Crippen molar-refractivity contribution in [2.24, 2.45) is 0 Å². The molecule has 0 radical (unpaired) electrons. The summed E-state index contributed by atoms with van der Waals surface area (Å²) in [6, 6.07) is 7.98. The fourth-order valence-electron chi connectivity index (χ4n) is 13.8. The average molecular weight is 1710 g/mol. The number of aromatic amines is 1. The van der Waals surface area contributed by atoms with Crippen LogP contribution in [0.25, 0.3) is 10.9 Å². The van der Waals surface area contributed by atoms with Crippen LogP contribution in [-0.2, 0) is 86.4 Å². The van der Waals surface area contributed by atoms with Gasteiger partial charge in [-0.25, -0.2) is 4.79 Å². The van der Waals surface area contributed by atoms with Crippen molar-refractivity contribution in [1.82, 2.24) is 87.6 Å². The van der Waals surface area contributed by atoms with Gasteiger partial charge in [0.05, 0.1) is 38.4 Å². The Kier molecular flexibility index (Phi) is 36.8. The Bertz CT molecular complexity index is 4350. The van der Waals surface area contributed by atoms with Crippen molar-refractivity contribution in [2.75, 3.05) is 103 Å².